The molecule has 3 aromatic carbocycles. The molecule has 0 spiro atoms. The Balaban J connectivity index is 1.51. The Morgan fingerprint density at radius 1 is 0.839 bits per heavy atom. The van der Waals surface area contributed by atoms with Crippen LogP contribution in [0.2, 0.25) is 0 Å². The van der Waals surface area contributed by atoms with Gasteiger partial charge in [-0.05, 0) is 25.5 Å². The van der Waals surface area contributed by atoms with Crippen molar-refractivity contribution in [2.24, 2.45) is 0 Å². The van der Waals surface area contributed by atoms with Gasteiger partial charge in [-0.2, -0.15) is 5.10 Å². The van der Waals surface area contributed by atoms with Crippen molar-refractivity contribution in [2.45, 2.75) is 20.4 Å². The number of amides is 1. The van der Waals surface area contributed by atoms with E-state index in [0.717, 1.165) is 11.1 Å². The zero-order valence-electron chi connectivity index (χ0n) is 17.5. The highest BCUT2D eigenvalue weighted by atomic mass is 16.2. The van der Waals surface area contributed by atoms with E-state index in [1.165, 1.54) is 5.56 Å². The van der Waals surface area contributed by atoms with Crippen LogP contribution in [0.15, 0.2) is 85.1 Å². The summed E-state index contributed by atoms with van der Waals surface area (Å²) in [6, 6.07) is 24.1. The summed E-state index contributed by atoms with van der Waals surface area (Å²) in [5.41, 5.74) is 4.63. The van der Waals surface area contributed by atoms with Crippen molar-refractivity contribution in [3.05, 3.63) is 118 Å². The van der Waals surface area contributed by atoms with E-state index >= 15 is 0 Å². The molecular weight excluding hydrogens is 386 g/mol. The highest BCUT2D eigenvalue weighted by Crippen LogP contribution is 2.17. The predicted octanol–water partition coefficient (Wildman–Crippen LogP) is 5.03. The summed E-state index contributed by atoms with van der Waals surface area (Å²) in [5.74, 6) is -0.108. The molecule has 0 unspecified atom stereocenters. The first-order chi connectivity index (χ1) is 15.0. The van der Waals surface area contributed by atoms with E-state index in [0.29, 0.717) is 29.1 Å². The van der Waals surface area contributed by atoms with E-state index in [1.807, 2.05) is 50.4 Å². The molecule has 0 aliphatic carbocycles. The summed E-state index contributed by atoms with van der Waals surface area (Å²) in [5, 5.41) is 7.25. The van der Waals surface area contributed by atoms with Gasteiger partial charge in [-0.1, -0.05) is 77.9 Å². The molecule has 1 aromatic heterocycles. The van der Waals surface area contributed by atoms with Crippen LogP contribution in [0.5, 0.6) is 0 Å². The lowest BCUT2D eigenvalue weighted by molar-refractivity contribution is 0.0996. The van der Waals surface area contributed by atoms with Gasteiger partial charge in [0.25, 0.3) is 5.91 Å². The molecule has 4 aromatic rings. The number of aromatic nitrogens is 2. The first kappa shape index (κ1) is 20.3. The third-order valence-corrected chi connectivity index (χ3v) is 5.04. The second-order valence-electron chi connectivity index (χ2n) is 7.58. The summed E-state index contributed by atoms with van der Waals surface area (Å²) >= 11 is 0. The lowest BCUT2D eigenvalue weighted by atomic mass is 9.97. The van der Waals surface area contributed by atoms with Crippen molar-refractivity contribution < 1.29 is 9.59 Å². The first-order valence-corrected chi connectivity index (χ1v) is 10.1. The predicted molar refractivity (Wildman–Crippen MR) is 122 cm³/mol. The summed E-state index contributed by atoms with van der Waals surface area (Å²) in [7, 11) is 0. The molecule has 1 heterocycles. The second-order valence-corrected chi connectivity index (χ2v) is 7.58. The number of benzene rings is 3. The molecule has 0 fully saturated rings. The fraction of sp³-hybridized carbons (Fsp3) is 0.115. The maximum atomic E-state index is 13.0. The molecule has 0 aliphatic heterocycles. The summed E-state index contributed by atoms with van der Waals surface area (Å²) < 4.78 is 1.77. The Labute approximate surface area is 181 Å². The Kier molecular flexibility index (Phi) is 5.76. The zero-order chi connectivity index (χ0) is 21.8. The average Bonchev–Trinajstić information content (AvgIpc) is 3.20. The SMILES string of the molecule is Cc1ccc(C(=O)c2ccccc2C(=O)Nc2ccn(Cc3cccc(C)c3)n2)cc1. The molecule has 0 radical (unpaired) electrons. The monoisotopic (exact) mass is 409 g/mol. The normalized spacial score (nSPS) is 10.6. The fourth-order valence-corrected chi connectivity index (χ4v) is 3.44. The van der Waals surface area contributed by atoms with Crippen LogP contribution < -0.4 is 5.32 Å². The van der Waals surface area contributed by atoms with E-state index < -0.39 is 0 Å². The molecule has 0 aliphatic rings. The van der Waals surface area contributed by atoms with E-state index in [-0.39, 0.29) is 11.7 Å². The molecule has 0 saturated heterocycles. The van der Waals surface area contributed by atoms with Crippen molar-refractivity contribution in [1.82, 2.24) is 9.78 Å². The Hall–Kier alpha value is -3.99. The second kappa shape index (κ2) is 8.79. The third-order valence-electron chi connectivity index (χ3n) is 5.04. The molecular formula is C26H23N3O2. The fourth-order valence-electron chi connectivity index (χ4n) is 3.44. The van der Waals surface area contributed by atoms with Gasteiger partial charge in [0.15, 0.2) is 11.6 Å². The highest BCUT2D eigenvalue weighted by Gasteiger charge is 2.18. The van der Waals surface area contributed by atoms with Gasteiger partial charge >= 0.3 is 0 Å². The van der Waals surface area contributed by atoms with Gasteiger partial charge in [0, 0.05) is 23.4 Å². The molecule has 31 heavy (non-hydrogen) atoms. The van der Waals surface area contributed by atoms with Crippen molar-refractivity contribution in [1.29, 1.82) is 0 Å². The smallest absolute Gasteiger partial charge is 0.257 e. The van der Waals surface area contributed by atoms with Gasteiger partial charge in [-0.25, -0.2) is 0 Å². The first-order valence-electron chi connectivity index (χ1n) is 10.1. The van der Waals surface area contributed by atoms with Gasteiger partial charge in [0.2, 0.25) is 0 Å². The van der Waals surface area contributed by atoms with Gasteiger partial charge in [-0.3, -0.25) is 14.3 Å². The number of nitrogens with one attached hydrogen (secondary N) is 1. The molecule has 5 nitrogen and oxygen atoms in total. The number of carbonyl (C=O) groups excluding carboxylic acids is 2. The van der Waals surface area contributed by atoms with Gasteiger partial charge in [0.05, 0.1) is 12.1 Å². The molecule has 0 atom stereocenters. The number of anilines is 1. The quantitative estimate of drug-likeness (QED) is 0.454. The molecule has 1 N–H and O–H groups in total. The van der Waals surface area contributed by atoms with Crippen molar-refractivity contribution >= 4 is 17.5 Å². The van der Waals surface area contributed by atoms with E-state index in [1.54, 1.807) is 47.1 Å². The summed E-state index contributed by atoms with van der Waals surface area (Å²) in [4.78, 5) is 25.9. The molecule has 154 valence electrons. The summed E-state index contributed by atoms with van der Waals surface area (Å²) in [6.45, 7) is 4.63. The Morgan fingerprint density at radius 3 is 2.32 bits per heavy atom. The maximum Gasteiger partial charge on any atom is 0.257 e. The maximum absolute atomic E-state index is 13.0. The van der Waals surface area contributed by atoms with Crippen LogP contribution in [0.3, 0.4) is 0 Å². The van der Waals surface area contributed by atoms with Crippen LogP contribution in [0.25, 0.3) is 0 Å². The number of hydrogen-bond donors (Lipinski definition) is 1. The van der Waals surface area contributed by atoms with Crippen molar-refractivity contribution in [3.8, 4) is 0 Å². The summed E-state index contributed by atoms with van der Waals surface area (Å²) in [6.07, 6.45) is 1.82. The minimum atomic E-state index is -0.364. The molecule has 5 heteroatoms. The van der Waals surface area contributed by atoms with Crippen molar-refractivity contribution in [3.63, 3.8) is 0 Å². The standard InChI is InChI=1S/C26H23N3O2/c1-18-10-12-21(13-11-18)25(30)22-8-3-4-9-23(22)26(31)27-24-14-15-29(28-24)17-20-7-5-6-19(2)16-20/h3-16H,17H2,1-2H3,(H,27,28,31). The third kappa shape index (κ3) is 4.78. The van der Waals surface area contributed by atoms with Gasteiger partial charge in [0.1, 0.15) is 0 Å². The number of aryl methyl sites for hydroxylation is 2. The zero-order valence-corrected chi connectivity index (χ0v) is 17.5. The number of rotatable bonds is 6. The van der Waals surface area contributed by atoms with E-state index in [4.69, 9.17) is 0 Å². The Bertz CT molecular complexity index is 1240. The van der Waals surface area contributed by atoms with E-state index in [2.05, 4.69) is 16.5 Å². The molecule has 1 amide bonds. The van der Waals surface area contributed by atoms with Crippen LogP contribution in [-0.4, -0.2) is 21.5 Å². The minimum Gasteiger partial charge on any atom is -0.305 e. The van der Waals surface area contributed by atoms with Crippen LogP contribution in [0, 0.1) is 13.8 Å². The van der Waals surface area contributed by atoms with Gasteiger partial charge < -0.3 is 5.32 Å². The van der Waals surface area contributed by atoms with Crippen LogP contribution >= 0.6 is 0 Å². The molecule has 0 bridgehead atoms. The topological polar surface area (TPSA) is 64.0 Å². The molecule has 0 saturated carbocycles. The van der Waals surface area contributed by atoms with Crippen molar-refractivity contribution in [2.75, 3.05) is 5.32 Å². The Morgan fingerprint density at radius 2 is 1.58 bits per heavy atom. The molecule has 4 rings (SSSR count). The highest BCUT2D eigenvalue weighted by molar-refractivity contribution is 6.17. The lowest BCUT2D eigenvalue weighted by Gasteiger charge is -2.09. The van der Waals surface area contributed by atoms with Crippen LogP contribution in [0.1, 0.15) is 43.0 Å². The number of nitrogens with zero attached hydrogens (tertiary/aromatic N) is 2. The number of ketones is 1. The minimum absolute atomic E-state index is 0.185. The largest absolute Gasteiger partial charge is 0.305 e. The van der Waals surface area contributed by atoms with E-state index in [9.17, 15) is 9.59 Å². The van der Waals surface area contributed by atoms with Crippen LogP contribution in [-0.2, 0) is 6.54 Å². The number of carbonyl (C=O) groups is 2. The average molecular weight is 409 g/mol. The number of hydrogen-bond acceptors (Lipinski definition) is 3. The van der Waals surface area contributed by atoms with Crippen LogP contribution in [0.4, 0.5) is 5.82 Å². The van der Waals surface area contributed by atoms with Gasteiger partial charge in [-0.15, -0.1) is 0 Å². The lowest BCUT2D eigenvalue weighted by Crippen LogP contribution is -2.17.